The Kier molecular flexibility index (Phi) is 2.57. The lowest BCUT2D eigenvalue weighted by molar-refractivity contribution is 1.10. The molecule has 0 bridgehead atoms. The van der Waals surface area contributed by atoms with Gasteiger partial charge in [-0.1, -0.05) is 54.6 Å². The molecule has 0 unspecified atom stereocenters. The van der Waals surface area contributed by atoms with Crippen LogP contribution in [0.5, 0.6) is 0 Å². The fourth-order valence-electron chi connectivity index (χ4n) is 1.99. The number of benzene rings is 2. The zero-order valence-corrected chi connectivity index (χ0v) is 9.80. The standard InChI is InChI=1S/C15H13N3/c16-14-10-17-18-15(14)13-8-6-12(7-9-13)11-4-2-1-3-5-11/h1-10H,16H2,(H,17,18). The van der Waals surface area contributed by atoms with E-state index in [1.165, 1.54) is 11.1 Å². The summed E-state index contributed by atoms with van der Waals surface area (Å²) in [7, 11) is 0. The van der Waals surface area contributed by atoms with E-state index in [4.69, 9.17) is 5.73 Å². The van der Waals surface area contributed by atoms with E-state index in [1.807, 2.05) is 30.3 Å². The Bertz CT molecular complexity index is 639. The molecule has 0 amide bonds. The maximum atomic E-state index is 5.83. The Morgan fingerprint density at radius 2 is 1.39 bits per heavy atom. The number of rotatable bonds is 2. The number of H-pyrrole nitrogens is 1. The van der Waals surface area contributed by atoms with Crippen LogP contribution in [0.25, 0.3) is 22.4 Å². The van der Waals surface area contributed by atoms with Crippen molar-refractivity contribution in [1.29, 1.82) is 0 Å². The van der Waals surface area contributed by atoms with Gasteiger partial charge in [0.15, 0.2) is 0 Å². The second kappa shape index (κ2) is 4.37. The lowest BCUT2D eigenvalue weighted by Crippen LogP contribution is -1.86. The van der Waals surface area contributed by atoms with E-state index in [-0.39, 0.29) is 0 Å². The minimum absolute atomic E-state index is 0.669. The zero-order valence-electron chi connectivity index (χ0n) is 9.80. The van der Waals surface area contributed by atoms with Crippen molar-refractivity contribution in [3.8, 4) is 22.4 Å². The predicted molar refractivity (Wildman–Crippen MR) is 73.9 cm³/mol. The van der Waals surface area contributed by atoms with Crippen molar-refractivity contribution in [2.24, 2.45) is 0 Å². The van der Waals surface area contributed by atoms with Crippen LogP contribution in [0.2, 0.25) is 0 Å². The lowest BCUT2D eigenvalue weighted by Gasteiger charge is -2.03. The molecule has 3 nitrogen and oxygen atoms in total. The summed E-state index contributed by atoms with van der Waals surface area (Å²) in [6.45, 7) is 0. The molecule has 3 aromatic rings. The molecule has 0 fully saturated rings. The van der Waals surface area contributed by atoms with Crippen LogP contribution in [0.15, 0.2) is 60.8 Å². The maximum Gasteiger partial charge on any atom is 0.0879 e. The second-order valence-corrected chi connectivity index (χ2v) is 4.14. The van der Waals surface area contributed by atoms with E-state index < -0.39 is 0 Å². The van der Waals surface area contributed by atoms with Gasteiger partial charge in [0.05, 0.1) is 17.6 Å². The summed E-state index contributed by atoms with van der Waals surface area (Å²) < 4.78 is 0. The van der Waals surface area contributed by atoms with Crippen molar-refractivity contribution in [2.45, 2.75) is 0 Å². The van der Waals surface area contributed by atoms with Crippen LogP contribution in [0.4, 0.5) is 5.69 Å². The number of hydrogen-bond acceptors (Lipinski definition) is 2. The summed E-state index contributed by atoms with van der Waals surface area (Å²) in [6.07, 6.45) is 1.63. The van der Waals surface area contributed by atoms with Gasteiger partial charge >= 0.3 is 0 Å². The van der Waals surface area contributed by atoms with Gasteiger partial charge in [0.1, 0.15) is 0 Å². The topological polar surface area (TPSA) is 54.7 Å². The number of nitrogen functional groups attached to an aromatic ring is 1. The highest BCUT2D eigenvalue weighted by atomic mass is 15.1. The summed E-state index contributed by atoms with van der Waals surface area (Å²) in [5, 5.41) is 6.83. The van der Waals surface area contributed by atoms with Gasteiger partial charge in [-0.05, 0) is 11.1 Å². The Hall–Kier alpha value is -2.55. The van der Waals surface area contributed by atoms with Gasteiger partial charge in [0.2, 0.25) is 0 Å². The largest absolute Gasteiger partial charge is 0.396 e. The van der Waals surface area contributed by atoms with Gasteiger partial charge in [0.25, 0.3) is 0 Å². The van der Waals surface area contributed by atoms with Gasteiger partial charge in [0, 0.05) is 5.56 Å². The molecule has 0 aliphatic carbocycles. The van der Waals surface area contributed by atoms with E-state index in [0.29, 0.717) is 5.69 Å². The molecule has 3 heteroatoms. The average Bonchev–Trinajstić information content (AvgIpc) is 2.86. The van der Waals surface area contributed by atoms with Crippen molar-refractivity contribution in [3.63, 3.8) is 0 Å². The molecule has 3 N–H and O–H groups in total. The second-order valence-electron chi connectivity index (χ2n) is 4.14. The van der Waals surface area contributed by atoms with Crippen LogP contribution in [-0.2, 0) is 0 Å². The number of hydrogen-bond donors (Lipinski definition) is 2. The maximum absolute atomic E-state index is 5.83. The molecular formula is C15H13N3. The fraction of sp³-hybridized carbons (Fsp3) is 0. The first-order chi connectivity index (χ1) is 8.84. The fourth-order valence-corrected chi connectivity index (χ4v) is 1.99. The average molecular weight is 235 g/mol. The van der Waals surface area contributed by atoms with E-state index in [0.717, 1.165) is 11.3 Å². The molecule has 3 rings (SSSR count). The summed E-state index contributed by atoms with van der Waals surface area (Å²) in [5.74, 6) is 0. The predicted octanol–water partition coefficient (Wildman–Crippen LogP) is 3.33. The van der Waals surface area contributed by atoms with Gasteiger partial charge < -0.3 is 5.73 Å². The van der Waals surface area contributed by atoms with Crippen molar-refractivity contribution < 1.29 is 0 Å². The first-order valence-electron chi connectivity index (χ1n) is 5.79. The summed E-state index contributed by atoms with van der Waals surface area (Å²) in [4.78, 5) is 0. The molecule has 0 atom stereocenters. The highest BCUT2D eigenvalue weighted by Crippen LogP contribution is 2.26. The minimum atomic E-state index is 0.669. The number of nitrogens with two attached hydrogens (primary N) is 1. The molecular weight excluding hydrogens is 222 g/mol. The van der Waals surface area contributed by atoms with Crippen molar-refractivity contribution in [2.75, 3.05) is 5.73 Å². The number of aromatic nitrogens is 2. The number of aromatic amines is 1. The number of anilines is 1. The zero-order chi connectivity index (χ0) is 12.4. The summed E-state index contributed by atoms with van der Waals surface area (Å²) in [6, 6.07) is 18.6. The molecule has 1 aromatic heterocycles. The normalized spacial score (nSPS) is 10.4. The quantitative estimate of drug-likeness (QED) is 0.715. The number of nitrogens with zero attached hydrogens (tertiary/aromatic N) is 1. The van der Waals surface area contributed by atoms with Crippen LogP contribution < -0.4 is 5.73 Å². The SMILES string of the molecule is Nc1cn[nH]c1-c1ccc(-c2ccccc2)cc1. The van der Waals surface area contributed by atoms with Gasteiger partial charge in [-0.2, -0.15) is 5.10 Å². The molecule has 0 aliphatic heterocycles. The Morgan fingerprint density at radius 1 is 0.778 bits per heavy atom. The molecule has 1 heterocycles. The molecule has 0 saturated heterocycles. The van der Waals surface area contributed by atoms with Gasteiger partial charge in [-0.3, -0.25) is 5.10 Å². The minimum Gasteiger partial charge on any atom is -0.396 e. The third-order valence-electron chi connectivity index (χ3n) is 2.95. The third-order valence-corrected chi connectivity index (χ3v) is 2.95. The van der Waals surface area contributed by atoms with Crippen LogP contribution in [0, 0.1) is 0 Å². The van der Waals surface area contributed by atoms with Gasteiger partial charge in [-0.15, -0.1) is 0 Å². The lowest BCUT2D eigenvalue weighted by atomic mass is 10.0. The molecule has 2 aromatic carbocycles. The van der Waals surface area contributed by atoms with Crippen LogP contribution >= 0.6 is 0 Å². The smallest absolute Gasteiger partial charge is 0.0879 e. The van der Waals surface area contributed by atoms with Crippen molar-refractivity contribution in [3.05, 3.63) is 60.8 Å². The third kappa shape index (κ3) is 1.86. The summed E-state index contributed by atoms with van der Waals surface area (Å²) >= 11 is 0. The van der Waals surface area contributed by atoms with Crippen LogP contribution in [0.1, 0.15) is 0 Å². The summed E-state index contributed by atoms with van der Waals surface area (Å²) in [5.41, 5.74) is 10.8. The van der Waals surface area contributed by atoms with E-state index in [2.05, 4.69) is 34.5 Å². The molecule has 0 aliphatic rings. The molecule has 18 heavy (non-hydrogen) atoms. The monoisotopic (exact) mass is 235 g/mol. The highest BCUT2D eigenvalue weighted by molar-refractivity contribution is 5.74. The molecule has 0 radical (unpaired) electrons. The van der Waals surface area contributed by atoms with Crippen molar-refractivity contribution in [1.82, 2.24) is 10.2 Å². The Labute approximate surface area is 105 Å². The molecule has 0 saturated carbocycles. The van der Waals surface area contributed by atoms with Crippen LogP contribution in [-0.4, -0.2) is 10.2 Å². The Balaban J connectivity index is 1.97. The van der Waals surface area contributed by atoms with Crippen molar-refractivity contribution >= 4 is 5.69 Å². The van der Waals surface area contributed by atoms with E-state index in [9.17, 15) is 0 Å². The Morgan fingerprint density at radius 3 is 2.00 bits per heavy atom. The first-order valence-corrected chi connectivity index (χ1v) is 5.79. The highest BCUT2D eigenvalue weighted by Gasteiger charge is 2.04. The first kappa shape index (κ1) is 10.6. The number of nitrogens with one attached hydrogen (secondary N) is 1. The van der Waals surface area contributed by atoms with Crippen LogP contribution in [0.3, 0.4) is 0 Å². The molecule has 0 spiro atoms. The van der Waals surface area contributed by atoms with E-state index in [1.54, 1.807) is 6.20 Å². The molecule has 88 valence electrons. The van der Waals surface area contributed by atoms with Gasteiger partial charge in [-0.25, -0.2) is 0 Å². The van der Waals surface area contributed by atoms with E-state index >= 15 is 0 Å².